The second-order valence-corrected chi connectivity index (χ2v) is 5.54. The molecule has 2 aromatic carbocycles. The normalized spacial score (nSPS) is 10.8. The van der Waals surface area contributed by atoms with E-state index in [1.165, 1.54) is 6.21 Å². The van der Waals surface area contributed by atoms with Crippen molar-refractivity contribution in [2.24, 2.45) is 5.10 Å². The Labute approximate surface area is 149 Å². The van der Waals surface area contributed by atoms with Crippen molar-refractivity contribution in [3.8, 4) is 17.1 Å². The number of hydrogen-bond acceptors (Lipinski definition) is 4. The van der Waals surface area contributed by atoms with Crippen molar-refractivity contribution in [1.82, 2.24) is 5.43 Å². The first-order chi connectivity index (χ1) is 12.2. The van der Waals surface area contributed by atoms with Crippen LogP contribution >= 0.6 is 11.6 Å². The van der Waals surface area contributed by atoms with E-state index in [1.807, 2.05) is 42.5 Å². The van der Waals surface area contributed by atoms with Crippen molar-refractivity contribution in [3.05, 3.63) is 77.5 Å². The van der Waals surface area contributed by atoms with E-state index in [0.717, 1.165) is 5.56 Å². The fourth-order valence-electron chi connectivity index (χ4n) is 2.08. The van der Waals surface area contributed by atoms with Crippen molar-refractivity contribution < 1.29 is 13.9 Å². The molecule has 5 nitrogen and oxygen atoms in total. The molecule has 0 fully saturated rings. The van der Waals surface area contributed by atoms with Crippen LogP contribution in [0.25, 0.3) is 11.3 Å². The van der Waals surface area contributed by atoms with Crippen LogP contribution in [0.5, 0.6) is 5.75 Å². The van der Waals surface area contributed by atoms with Crippen LogP contribution in [-0.2, 0) is 4.79 Å². The van der Waals surface area contributed by atoms with Gasteiger partial charge in [-0.3, -0.25) is 4.79 Å². The molecule has 0 radical (unpaired) electrons. The van der Waals surface area contributed by atoms with Gasteiger partial charge >= 0.3 is 0 Å². The largest absolute Gasteiger partial charge is 0.484 e. The van der Waals surface area contributed by atoms with Gasteiger partial charge in [0.25, 0.3) is 5.91 Å². The molecule has 1 amide bonds. The number of halogens is 1. The van der Waals surface area contributed by atoms with Crippen LogP contribution < -0.4 is 10.2 Å². The molecular weight excluding hydrogens is 340 g/mol. The van der Waals surface area contributed by atoms with Gasteiger partial charge in [0.2, 0.25) is 0 Å². The Morgan fingerprint density at radius 3 is 2.76 bits per heavy atom. The molecule has 0 spiro atoms. The molecule has 0 unspecified atom stereocenters. The predicted molar refractivity (Wildman–Crippen MR) is 96.8 cm³/mol. The lowest BCUT2D eigenvalue weighted by Crippen LogP contribution is -2.24. The van der Waals surface area contributed by atoms with Crippen LogP contribution in [0.15, 0.2) is 76.2 Å². The summed E-state index contributed by atoms with van der Waals surface area (Å²) in [6.07, 6.45) is 1.43. The van der Waals surface area contributed by atoms with E-state index in [9.17, 15) is 4.79 Å². The first-order valence-corrected chi connectivity index (χ1v) is 7.94. The molecule has 0 aliphatic heterocycles. The maximum atomic E-state index is 11.7. The smallest absolute Gasteiger partial charge is 0.277 e. The quantitative estimate of drug-likeness (QED) is 0.534. The number of hydrazone groups is 1. The lowest BCUT2D eigenvalue weighted by molar-refractivity contribution is -0.123. The average molecular weight is 355 g/mol. The first-order valence-electron chi connectivity index (χ1n) is 7.56. The highest BCUT2D eigenvalue weighted by molar-refractivity contribution is 6.30. The Morgan fingerprint density at radius 1 is 1.12 bits per heavy atom. The maximum absolute atomic E-state index is 11.7. The van der Waals surface area contributed by atoms with E-state index in [1.54, 1.807) is 24.3 Å². The molecule has 0 saturated heterocycles. The summed E-state index contributed by atoms with van der Waals surface area (Å²) in [5.74, 6) is 1.45. The standard InChI is InChI=1S/C19H15ClN2O3/c20-15-6-4-5-14(11-15)18-10-9-17(25-18)12-21-22-19(23)13-24-16-7-2-1-3-8-16/h1-12H,13H2,(H,22,23). The minimum atomic E-state index is -0.360. The van der Waals surface area contributed by atoms with Gasteiger partial charge in [-0.05, 0) is 36.4 Å². The van der Waals surface area contributed by atoms with Crippen molar-refractivity contribution in [2.75, 3.05) is 6.61 Å². The summed E-state index contributed by atoms with van der Waals surface area (Å²) in [5.41, 5.74) is 3.25. The minimum Gasteiger partial charge on any atom is -0.484 e. The van der Waals surface area contributed by atoms with Crippen LogP contribution in [0.2, 0.25) is 5.02 Å². The number of rotatable bonds is 6. The molecule has 0 aliphatic rings. The Morgan fingerprint density at radius 2 is 1.96 bits per heavy atom. The van der Waals surface area contributed by atoms with Gasteiger partial charge in [0, 0.05) is 10.6 Å². The van der Waals surface area contributed by atoms with Crippen LogP contribution in [0.1, 0.15) is 5.76 Å². The number of amides is 1. The van der Waals surface area contributed by atoms with Crippen LogP contribution in [0, 0.1) is 0 Å². The van der Waals surface area contributed by atoms with Crippen LogP contribution in [-0.4, -0.2) is 18.7 Å². The third-order valence-electron chi connectivity index (χ3n) is 3.23. The van der Waals surface area contributed by atoms with Crippen molar-refractivity contribution >= 4 is 23.7 Å². The summed E-state index contributed by atoms with van der Waals surface area (Å²) in [6, 6.07) is 20.0. The summed E-state index contributed by atoms with van der Waals surface area (Å²) in [4.78, 5) is 11.7. The van der Waals surface area contributed by atoms with Gasteiger partial charge in [0.05, 0.1) is 6.21 Å². The second-order valence-electron chi connectivity index (χ2n) is 5.11. The molecule has 126 valence electrons. The summed E-state index contributed by atoms with van der Waals surface area (Å²) in [5, 5.41) is 4.49. The van der Waals surface area contributed by atoms with Gasteiger partial charge in [0.15, 0.2) is 6.61 Å². The van der Waals surface area contributed by atoms with Gasteiger partial charge in [0.1, 0.15) is 17.3 Å². The molecule has 1 aromatic heterocycles. The number of nitrogens with one attached hydrogen (secondary N) is 1. The molecule has 25 heavy (non-hydrogen) atoms. The number of carbonyl (C=O) groups is 1. The topological polar surface area (TPSA) is 63.8 Å². The van der Waals surface area contributed by atoms with E-state index in [0.29, 0.717) is 22.3 Å². The van der Waals surface area contributed by atoms with Crippen molar-refractivity contribution in [3.63, 3.8) is 0 Å². The fraction of sp³-hybridized carbons (Fsp3) is 0.0526. The Bertz CT molecular complexity index is 875. The molecule has 1 N–H and O–H groups in total. The lowest BCUT2D eigenvalue weighted by Gasteiger charge is -2.03. The molecular formula is C19H15ClN2O3. The van der Waals surface area contributed by atoms with Gasteiger partial charge in [-0.1, -0.05) is 41.9 Å². The monoisotopic (exact) mass is 354 g/mol. The molecule has 0 saturated carbocycles. The second kappa shape index (κ2) is 8.17. The highest BCUT2D eigenvalue weighted by Gasteiger charge is 2.04. The molecule has 0 bridgehead atoms. The number of hydrogen-bond donors (Lipinski definition) is 1. The van der Waals surface area contributed by atoms with E-state index >= 15 is 0 Å². The third-order valence-corrected chi connectivity index (χ3v) is 3.47. The van der Waals surface area contributed by atoms with Crippen molar-refractivity contribution in [2.45, 2.75) is 0 Å². The SMILES string of the molecule is O=C(COc1ccccc1)NN=Cc1ccc(-c2cccc(Cl)c2)o1. The number of benzene rings is 2. The predicted octanol–water partition coefficient (Wildman–Crippen LogP) is 4.13. The lowest BCUT2D eigenvalue weighted by atomic mass is 10.2. The summed E-state index contributed by atoms with van der Waals surface area (Å²) in [7, 11) is 0. The van der Waals surface area contributed by atoms with Crippen LogP contribution in [0.3, 0.4) is 0 Å². The Balaban J connectivity index is 1.51. The summed E-state index contributed by atoms with van der Waals surface area (Å²) < 4.78 is 11.0. The minimum absolute atomic E-state index is 0.118. The summed E-state index contributed by atoms with van der Waals surface area (Å²) >= 11 is 5.97. The molecule has 0 atom stereocenters. The number of carbonyl (C=O) groups excluding carboxylic acids is 1. The fourth-order valence-corrected chi connectivity index (χ4v) is 2.28. The van der Waals surface area contributed by atoms with E-state index in [-0.39, 0.29) is 12.5 Å². The van der Waals surface area contributed by atoms with E-state index in [4.69, 9.17) is 20.8 Å². The summed E-state index contributed by atoms with van der Waals surface area (Å²) in [6.45, 7) is -0.118. The Hall–Kier alpha value is -3.05. The number of nitrogens with zero attached hydrogens (tertiary/aromatic N) is 1. The zero-order chi connectivity index (χ0) is 17.5. The van der Waals surface area contributed by atoms with Gasteiger partial charge in [-0.2, -0.15) is 5.10 Å². The van der Waals surface area contributed by atoms with Crippen LogP contribution in [0.4, 0.5) is 0 Å². The molecule has 3 rings (SSSR count). The van der Waals surface area contributed by atoms with E-state index in [2.05, 4.69) is 10.5 Å². The third kappa shape index (κ3) is 4.96. The zero-order valence-corrected chi connectivity index (χ0v) is 13.9. The Kier molecular flexibility index (Phi) is 5.49. The van der Waals surface area contributed by atoms with Gasteiger partial charge in [-0.15, -0.1) is 0 Å². The molecule has 6 heteroatoms. The van der Waals surface area contributed by atoms with Gasteiger partial charge < -0.3 is 9.15 Å². The zero-order valence-electron chi connectivity index (χ0n) is 13.2. The molecule has 3 aromatic rings. The van der Waals surface area contributed by atoms with E-state index < -0.39 is 0 Å². The number of furan rings is 1. The average Bonchev–Trinajstić information content (AvgIpc) is 3.10. The number of para-hydroxylation sites is 1. The molecule has 0 aliphatic carbocycles. The number of ether oxygens (including phenoxy) is 1. The molecule has 1 heterocycles. The highest BCUT2D eigenvalue weighted by atomic mass is 35.5. The van der Waals surface area contributed by atoms with Crippen molar-refractivity contribution in [1.29, 1.82) is 0 Å². The first kappa shape index (κ1) is 16.8. The van der Waals surface area contributed by atoms with Gasteiger partial charge in [-0.25, -0.2) is 5.43 Å². The maximum Gasteiger partial charge on any atom is 0.277 e. The highest BCUT2D eigenvalue weighted by Crippen LogP contribution is 2.24.